The lowest BCUT2D eigenvalue weighted by Gasteiger charge is -2.15. The molecule has 0 aliphatic carbocycles. The zero-order valence-electron chi connectivity index (χ0n) is 10.9. The van der Waals surface area contributed by atoms with Crippen LogP contribution in [0, 0.1) is 11.6 Å². The first kappa shape index (κ1) is 14.0. The fourth-order valence-electron chi connectivity index (χ4n) is 1.83. The van der Waals surface area contributed by atoms with Gasteiger partial charge in [0.1, 0.15) is 11.6 Å². The zero-order valence-corrected chi connectivity index (χ0v) is 10.9. The van der Waals surface area contributed by atoms with Gasteiger partial charge in [0, 0.05) is 5.69 Å². The molecule has 3 nitrogen and oxygen atoms in total. The first-order chi connectivity index (χ1) is 9.47. The molecule has 1 amide bonds. The minimum absolute atomic E-state index is 0.0824. The number of halogens is 2. The van der Waals surface area contributed by atoms with E-state index in [-0.39, 0.29) is 23.1 Å². The maximum Gasteiger partial charge on any atom is 0.253 e. The second kappa shape index (κ2) is 5.69. The van der Waals surface area contributed by atoms with Crippen molar-refractivity contribution >= 4 is 11.6 Å². The number of nitrogens with one attached hydrogen (secondary N) is 1. The van der Waals surface area contributed by atoms with Crippen molar-refractivity contribution in [2.45, 2.75) is 13.0 Å². The summed E-state index contributed by atoms with van der Waals surface area (Å²) in [7, 11) is 0. The highest BCUT2D eigenvalue weighted by molar-refractivity contribution is 5.99. The van der Waals surface area contributed by atoms with E-state index < -0.39 is 11.7 Å². The van der Waals surface area contributed by atoms with Crippen LogP contribution in [0.4, 0.5) is 14.5 Å². The van der Waals surface area contributed by atoms with E-state index in [0.717, 1.165) is 11.6 Å². The lowest BCUT2D eigenvalue weighted by atomic mass is 10.1. The largest absolute Gasteiger partial charge is 0.398 e. The third kappa shape index (κ3) is 3.12. The molecule has 3 N–H and O–H groups in total. The van der Waals surface area contributed by atoms with Gasteiger partial charge in [-0.3, -0.25) is 4.79 Å². The van der Waals surface area contributed by atoms with E-state index in [1.807, 2.05) is 0 Å². The smallest absolute Gasteiger partial charge is 0.253 e. The van der Waals surface area contributed by atoms with Gasteiger partial charge in [-0.1, -0.05) is 12.1 Å². The van der Waals surface area contributed by atoms with Crippen LogP contribution in [0.25, 0.3) is 0 Å². The van der Waals surface area contributed by atoms with Crippen LogP contribution in [0.15, 0.2) is 42.5 Å². The quantitative estimate of drug-likeness (QED) is 0.847. The second-order valence-electron chi connectivity index (χ2n) is 4.48. The summed E-state index contributed by atoms with van der Waals surface area (Å²) < 4.78 is 26.0. The number of anilines is 1. The summed E-state index contributed by atoms with van der Waals surface area (Å²) in [6.45, 7) is 1.75. The van der Waals surface area contributed by atoms with Crippen molar-refractivity contribution in [2.75, 3.05) is 5.73 Å². The molecule has 0 aromatic heterocycles. The molecule has 0 unspecified atom stereocenters. The molecule has 2 aromatic carbocycles. The fourth-order valence-corrected chi connectivity index (χ4v) is 1.83. The van der Waals surface area contributed by atoms with Gasteiger partial charge in [-0.2, -0.15) is 0 Å². The molecule has 0 spiro atoms. The number of benzene rings is 2. The summed E-state index contributed by atoms with van der Waals surface area (Å²) in [4.78, 5) is 12.0. The van der Waals surface area contributed by atoms with Crippen LogP contribution in [0.3, 0.4) is 0 Å². The van der Waals surface area contributed by atoms with Crippen molar-refractivity contribution in [3.05, 3.63) is 65.2 Å². The molecule has 0 heterocycles. The summed E-state index contributed by atoms with van der Waals surface area (Å²) in [5.74, 6) is -1.35. The molecular formula is C15H14F2N2O. The van der Waals surface area contributed by atoms with E-state index in [4.69, 9.17) is 5.73 Å². The molecule has 0 aliphatic heterocycles. The Bertz CT molecular complexity index is 626. The molecule has 20 heavy (non-hydrogen) atoms. The molecule has 0 aliphatic rings. The Balaban J connectivity index is 2.15. The Morgan fingerprint density at radius 3 is 2.35 bits per heavy atom. The number of amides is 1. The molecule has 0 bridgehead atoms. The maximum atomic E-state index is 13.1. The van der Waals surface area contributed by atoms with Crippen molar-refractivity contribution in [3.8, 4) is 0 Å². The van der Waals surface area contributed by atoms with E-state index in [1.165, 1.54) is 24.3 Å². The molecule has 1 atom stereocenters. The molecule has 104 valence electrons. The molecule has 5 heteroatoms. The van der Waals surface area contributed by atoms with Crippen LogP contribution in [0.2, 0.25) is 0 Å². The molecular weight excluding hydrogens is 262 g/mol. The number of rotatable bonds is 3. The molecule has 0 fully saturated rings. The third-order valence-corrected chi connectivity index (χ3v) is 2.98. The predicted octanol–water partition coefficient (Wildman–Crippen LogP) is 3.04. The Morgan fingerprint density at radius 1 is 1.10 bits per heavy atom. The lowest BCUT2D eigenvalue weighted by Crippen LogP contribution is -2.27. The fraction of sp³-hybridized carbons (Fsp3) is 0.133. The number of nitrogens with two attached hydrogens (primary N) is 1. The highest BCUT2D eigenvalue weighted by Crippen LogP contribution is 2.17. The second-order valence-corrected chi connectivity index (χ2v) is 4.48. The first-order valence-electron chi connectivity index (χ1n) is 6.08. The summed E-state index contributed by atoms with van der Waals surface area (Å²) in [6, 6.07) is 9.06. The van der Waals surface area contributed by atoms with Crippen LogP contribution < -0.4 is 11.1 Å². The van der Waals surface area contributed by atoms with Crippen molar-refractivity contribution in [3.63, 3.8) is 0 Å². The monoisotopic (exact) mass is 276 g/mol. The van der Waals surface area contributed by atoms with E-state index in [2.05, 4.69) is 5.32 Å². The van der Waals surface area contributed by atoms with Crippen molar-refractivity contribution in [2.24, 2.45) is 0 Å². The minimum atomic E-state index is -0.529. The summed E-state index contributed by atoms with van der Waals surface area (Å²) in [6.07, 6.45) is 0. The molecule has 0 radical (unpaired) electrons. The van der Waals surface area contributed by atoms with Gasteiger partial charge in [0.05, 0.1) is 11.6 Å². The van der Waals surface area contributed by atoms with Gasteiger partial charge in [-0.15, -0.1) is 0 Å². The van der Waals surface area contributed by atoms with E-state index >= 15 is 0 Å². The highest BCUT2D eigenvalue weighted by Gasteiger charge is 2.14. The Morgan fingerprint density at radius 2 is 1.70 bits per heavy atom. The number of nitrogen functional groups attached to an aromatic ring is 1. The van der Waals surface area contributed by atoms with Crippen LogP contribution in [0.1, 0.15) is 28.9 Å². The summed E-state index contributed by atoms with van der Waals surface area (Å²) in [5.41, 5.74) is 6.68. The Kier molecular flexibility index (Phi) is 3.98. The average molecular weight is 276 g/mol. The Hall–Kier alpha value is -2.43. The van der Waals surface area contributed by atoms with Gasteiger partial charge in [0.15, 0.2) is 0 Å². The molecule has 2 rings (SSSR count). The van der Waals surface area contributed by atoms with Gasteiger partial charge in [-0.25, -0.2) is 8.78 Å². The SMILES string of the molecule is C[C@H](NC(=O)c1cc(F)ccc1N)c1ccc(F)cc1. The number of hydrogen-bond donors (Lipinski definition) is 2. The molecule has 0 saturated heterocycles. The number of carbonyl (C=O) groups is 1. The standard InChI is InChI=1S/C15H14F2N2O/c1-9(10-2-4-11(16)5-3-10)19-15(20)13-8-12(17)6-7-14(13)18/h2-9H,18H2,1H3,(H,19,20)/t9-/m0/s1. The van der Waals surface area contributed by atoms with E-state index in [9.17, 15) is 13.6 Å². The van der Waals surface area contributed by atoms with Gasteiger partial charge in [0.2, 0.25) is 0 Å². The van der Waals surface area contributed by atoms with Crippen molar-refractivity contribution in [1.29, 1.82) is 0 Å². The number of hydrogen-bond acceptors (Lipinski definition) is 2. The van der Waals surface area contributed by atoms with Crippen LogP contribution in [0.5, 0.6) is 0 Å². The first-order valence-corrected chi connectivity index (χ1v) is 6.08. The lowest BCUT2D eigenvalue weighted by molar-refractivity contribution is 0.0940. The highest BCUT2D eigenvalue weighted by atomic mass is 19.1. The topological polar surface area (TPSA) is 55.1 Å². The van der Waals surface area contributed by atoms with Crippen LogP contribution in [-0.2, 0) is 0 Å². The number of carbonyl (C=O) groups excluding carboxylic acids is 1. The van der Waals surface area contributed by atoms with Crippen LogP contribution >= 0.6 is 0 Å². The minimum Gasteiger partial charge on any atom is -0.398 e. The molecule has 0 saturated carbocycles. The normalized spacial score (nSPS) is 11.9. The Labute approximate surface area is 115 Å². The zero-order chi connectivity index (χ0) is 14.7. The maximum absolute atomic E-state index is 13.1. The van der Waals surface area contributed by atoms with Gasteiger partial charge >= 0.3 is 0 Å². The van der Waals surface area contributed by atoms with E-state index in [0.29, 0.717) is 0 Å². The predicted molar refractivity (Wildman–Crippen MR) is 73.1 cm³/mol. The van der Waals surface area contributed by atoms with Gasteiger partial charge < -0.3 is 11.1 Å². The van der Waals surface area contributed by atoms with Crippen LogP contribution in [-0.4, -0.2) is 5.91 Å². The average Bonchev–Trinajstić information content (AvgIpc) is 2.42. The molecule has 2 aromatic rings. The third-order valence-electron chi connectivity index (χ3n) is 2.98. The van der Waals surface area contributed by atoms with Gasteiger partial charge in [-0.05, 0) is 42.8 Å². The summed E-state index contributed by atoms with van der Waals surface area (Å²) >= 11 is 0. The van der Waals surface area contributed by atoms with Crippen molar-refractivity contribution < 1.29 is 13.6 Å². The van der Waals surface area contributed by atoms with Crippen molar-refractivity contribution in [1.82, 2.24) is 5.32 Å². The van der Waals surface area contributed by atoms with Gasteiger partial charge in [0.25, 0.3) is 5.91 Å². The van der Waals surface area contributed by atoms with E-state index in [1.54, 1.807) is 19.1 Å². The summed E-state index contributed by atoms with van der Waals surface area (Å²) in [5, 5.41) is 2.69.